The molecule has 1 aromatic carbocycles. The molecule has 1 heterocycles. The zero-order valence-corrected chi connectivity index (χ0v) is 12.5. The fourth-order valence-corrected chi connectivity index (χ4v) is 3.35. The zero-order valence-electron chi connectivity index (χ0n) is 11.7. The minimum absolute atomic E-state index is 0.249. The fraction of sp³-hybridized carbons (Fsp3) is 0.571. The number of hydrogen-bond donors (Lipinski definition) is 2. The van der Waals surface area contributed by atoms with Crippen molar-refractivity contribution >= 4 is 10.0 Å². The van der Waals surface area contributed by atoms with Crippen molar-refractivity contribution in [3.8, 4) is 0 Å². The molecule has 0 spiro atoms. The first-order valence-electron chi connectivity index (χ1n) is 6.99. The maximum Gasteiger partial charge on any atom is 0.240 e. The third kappa shape index (κ3) is 4.28. The number of hydrogen-bond acceptors (Lipinski definition) is 4. The summed E-state index contributed by atoms with van der Waals surface area (Å²) >= 11 is 0. The molecule has 2 rings (SSSR count). The van der Waals surface area contributed by atoms with Crippen molar-refractivity contribution in [3.05, 3.63) is 30.3 Å². The number of nitrogens with one attached hydrogen (secondary N) is 2. The van der Waals surface area contributed by atoms with Crippen LogP contribution in [0, 0.1) is 0 Å². The van der Waals surface area contributed by atoms with Crippen LogP contribution in [-0.4, -0.2) is 40.3 Å². The highest BCUT2D eigenvalue weighted by atomic mass is 32.2. The average molecular weight is 298 g/mol. The van der Waals surface area contributed by atoms with Gasteiger partial charge in [-0.15, -0.1) is 0 Å². The molecule has 1 saturated heterocycles. The third-order valence-corrected chi connectivity index (χ3v) is 4.94. The summed E-state index contributed by atoms with van der Waals surface area (Å²) in [5, 5.41) is 3.30. The lowest BCUT2D eigenvalue weighted by atomic mass is 10.1. The Labute approximate surface area is 120 Å². The van der Waals surface area contributed by atoms with Crippen LogP contribution in [0.3, 0.4) is 0 Å². The lowest BCUT2D eigenvalue weighted by Gasteiger charge is -2.20. The van der Waals surface area contributed by atoms with Crippen molar-refractivity contribution in [3.63, 3.8) is 0 Å². The molecule has 0 bridgehead atoms. The molecule has 1 aliphatic rings. The highest BCUT2D eigenvalue weighted by Crippen LogP contribution is 2.15. The molecule has 2 N–H and O–H groups in total. The Morgan fingerprint density at radius 3 is 2.70 bits per heavy atom. The second kappa shape index (κ2) is 7.17. The van der Waals surface area contributed by atoms with Gasteiger partial charge in [-0.05, 0) is 31.9 Å². The topological polar surface area (TPSA) is 67.4 Å². The van der Waals surface area contributed by atoms with Crippen LogP contribution in [0.25, 0.3) is 0 Å². The first kappa shape index (κ1) is 15.4. The Balaban J connectivity index is 1.73. The molecule has 1 aliphatic heterocycles. The summed E-state index contributed by atoms with van der Waals surface area (Å²) in [5.74, 6) is 0. The summed E-state index contributed by atoms with van der Waals surface area (Å²) in [5.41, 5.74) is 0. The van der Waals surface area contributed by atoms with E-state index in [1.165, 1.54) is 0 Å². The quantitative estimate of drug-likeness (QED) is 0.740. The summed E-state index contributed by atoms with van der Waals surface area (Å²) < 4.78 is 32.1. The smallest absolute Gasteiger partial charge is 0.240 e. The van der Waals surface area contributed by atoms with Crippen LogP contribution in [0.1, 0.15) is 19.8 Å². The Bertz CT molecular complexity index is 498. The van der Waals surface area contributed by atoms with Gasteiger partial charge in [-0.25, -0.2) is 13.1 Å². The molecule has 0 aliphatic carbocycles. The molecule has 0 saturated carbocycles. The second-order valence-electron chi connectivity index (χ2n) is 5.01. The molecule has 0 unspecified atom stereocenters. The van der Waals surface area contributed by atoms with Gasteiger partial charge in [-0.1, -0.05) is 18.2 Å². The van der Waals surface area contributed by atoms with Gasteiger partial charge in [0.15, 0.2) is 0 Å². The predicted octanol–water partition coefficient (Wildman–Crippen LogP) is 1.12. The minimum atomic E-state index is -3.40. The normalized spacial score (nSPS) is 20.9. The molecule has 20 heavy (non-hydrogen) atoms. The molecule has 1 aromatic rings. The first-order chi connectivity index (χ1) is 9.59. The van der Waals surface area contributed by atoms with Gasteiger partial charge < -0.3 is 10.1 Å². The maximum absolute atomic E-state index is 12.0. The van der Waals surface area contributed by atoms with E-state index >= 15 is 0 Å². The van der Waals surface area contributed by atoms with Crippen LogP contribution in [0.5, 0.6) is 0 Å². The van der Waals surface area contributed by atoms with E-state index in [1.807, 2.05) is 0 Å². The number of ether oxygens (including phenoxy) is 1. The van der Waals surface area contributed by atoms with Crippen molar-refractivity contribution in [2.24, 2.45) is 0 Å². The monoisotopic (exact) mass is 298 g/mol. The van der Waals surface area contributed by atoms with E-state index in [0.717, 1.165) is 19.4 Å². The standard InChI is InChI=1S/C14H22N2O3S/c1-12(14-8-5-11-19-14)15-9-10-16-20(17,18)13-6-3-2-4-7-13/h2-4,6-7,12,14-16H,5,8-11H2,1H3/t12-,14-/m0/s1. The summed E-state index contributed by atoms with van der Waals surface area (Å²) in [7, 11) is -3.40. The van der Waals surface area contributed by atoms with E-state index in [2.05, 4.69) is 17.0 Å². The molecular formula is C14H22N2O3S. The van der Waals surface area contributed by atoms with Crippen molar-refractivity contribution < 1.29 is 13.2 Å². The molecule has 6 heteroatoms. The van der Waals surface area contributed by atoms with Crippen LogP contribution in [0.2, 0.25) is 0 Å². The summed E-state index contributed by atoms with van der Waals surface area (Å²) in [4.78, 5) is 0.298. The van der Waals surface area contributed by atoms with Crippen molar-refractivity contribution in [2.75, 3.05) is 19.7 Å². The van der Waals surface area contributed by atoms with Gasteiger partial charge in [0.2, 0.25) is 10.0 Å². The number of rotatable bonds is 7. The van der Waals surface area contributed by atoms with Crippen LogP contribution in [0.4, 0.5) is 0 Å². The lowest BCUT2D eigenvalue weighted by molar-refractivity contribution is 0.0840. The lowest BCUT2D eigenvalue weighted by Crippen LogP contribution is -2.41. The molecule has 112 valence electrons. The van der Waals surface area contributed by atoms with E-state index in [9.17, 15) is 8.42 Å². The predicted molar refractivity (Wildman–Crippen MR) is 78.1 cm³/mol. The van der Waals surface area contributed by atoms with Gasteiger partial charge in [-0.2, -0.15) is 0 Å². The number of sulfonamides is 1. The molecule has 1 fully saturated rings. The molecule has 0 radical (unpaired) electrons. The van der Waals surface area contributed by atoms with Crippen molar-refractivity contribution in [2.45, 2.75) is 36.8 Å². The molecule has 0 amide bonds. The highest BCUT2D eigenvalue weighted by Gasteiger charge is 2.21. The summed E-state index contributed by atoms with van der Waals surface area (Å²) in [6, 6.07) is 8.65. The summed E-state index contributed by atoms with van der Waals surface area (Å²) in [6.07, 6.45) is 2.43. The Kier molecular flexibility index (Phi) is 5.54. The maximum atomic E-state index is 12.0. The van der Waals surface area contributed by atoms with Crippen LogP contribution in [-0.2, 0) is 14.8 Å². The first-order valence-corrected chi connectivity index (χ1v) is 8.47. The largest absolute Gasteiger partial charge is 0.377 e. The Morgan fingerprint density at radius 1 is 1.30 bits per heavy atom. The van der Waals surface area contributed by atoms with Gasteiger partial charge in [0, 0.05) is 25.7 Å². The SMILES string of the molecule is C[C@H](NCCNS(=O)(=O)c1ccccc1)[C@@H]1CCCO1. The van der Waals surface area contributed by atoms with Crippen LogP contribution in [0.15, 0.2) is 35.2 Å². The van der Waals surface area contributed by atoms with E-state index in [0.29, 0.717) is 18.0 Å². The highest BCUT2D eigenvalue weighted by molar-refractivity contribution is 7.89. The third-order valence-electron chi connectivity index (χ3n) is 3.46. The Morgan fingerprint density at radius 2 is 2.05 bits per heavy atom. The summed E-state index contributed by atoms with van der Waals surface area (Å²) in [6.45, 7) is 3.86. The van der Waals surface area contributed by atoms with E-state index in [4.69, 9.17) is 4.74 Å². The fourth-order valence-electron chi connectivity index (χ4n) is 2.30. The van der Waals surface area contributed by atoms with E-state index < -0.39 is 10.0 Å². The average Bonchev–Trinajstić information content (AvgIpc) is 2.98. The Hall–Kier alpha value is -0.950. The zero-order chi connectivity index (χ0) is 14.4. The molecule has 2 atom stereocenters. The second-order valence-corrected chi connectivity index (χ2v) is 6.77. The van der Waals surface area contributed by atoms with Gasteiger partial charge in [0.25, 0.3) is 0 Å². The van der Waals surface area contributed by atoms with Gasteiger partial charge in [0.1, 0.15) is 0 Å². The minimum Gasteiger partial charge on any atom is -0.377 e. The molecule has 5 nitrogen and oxygen atoms in total. The van der Waals surface area contributed by atoms with E-state index in [1.54, 1.807) is 30.3 Å². The van der Waals surface area contributed by atoms with Gasteiger partial charge >= 0.3 is 0 Å². The van der Waals surface area contributed by atoms with Gasteiger partial charge in [0.05, 0.1) is 11.0 Å². The molecule has 0 aromatic heterocycles. The van der Waals surface area contributed by atoms with Gasteiger partial charge in [-0.3, -0.25) is 0 Å². The van der Waals surface area contributed by atoms with E-state index in [-0.39, 0.29) is 12.1 Å². The molecular weight excluding hydrogens is 276 g/mol. The van der Waals surface area contributed by atoms with Crippen LogP contribution >= 0.6 is 0 Å². The van der Waals surface area contributed by atoms with Crippen molar-refractivity contribution in [1.82, 2.24) is 10.0 Å². The van der Waals surface area contributed by atoms with Crippen molar-refractivity contribution in [1.29, 1.82) is 0 Å². The number of benzene rings is 1. The van der Waals surface area contributed by atoms with Crippen LogP contribution < -0.4 is 10.0 Å².